The average molecular weight is 179 g/mol. The van der Waals surface area contributed by atoms with E-state index in [0.29, 0.717) is 13.2 Å². The monoisotopic (exact) mass is 178 g/mol. The topological polar surface area (TPSA) is 46.5 Å². The van der Waals surface area contributed by atoms with Gasteiger partial charge in [-0.3, -0.25) is 4.79 Å². The van der Waals surface area contributed by atoms with Gasteiger partial charge in [-0.05, 0) is 18.8 Å². The summed E-state index contributed by atoms with van der Waals surface area (Å²) in [5.74, 6) is -0.832. The molecule has 0 spiro atoms. The lowest BCUT2D eigenvalue weighted by atomic mass is 9.96. The quantitative estimate of drug-likeness (QED) is 0.645. The molecule has 1 saturated heterocycles. The second-order valence-corrected chi connectivity index (χ2v) is 3.16. The second-order valence-electron chi connectivity index (χ2n) is 2.69. The summed E-state index contributed by atoms with van der Waals surface area (Å²) in [4.78, 5) is 10.4. The van der Waals surface area contributed by atoms with Gasteiger partial charge in [0, 0.05) is 13.2 Å². The summed E-state index contributed by atoms with van der Waals surface area (Å²) in [5, 5.41) is 7.82. The molecule has 0 aliphatic carbocycles. The second kappa shape index (κ2) is 3.93. The van der Waals surface area contributed by atoms with E-state index >= 15 is 0 Å². The van der Waals surface area contributed by atoms with Gasteiger partial charge in [-0.15, -0.1) is 11.6 Å². The molecule has 1 N–H and O–H groups in total. The van der Waals surface area contributed by atoms with Gasteiger partial charge in [-0.25, -0.2) is 0 Å². The molecule has 1 heterocycles. The van der Waals surface area contributed by atoms with Crippen molar-refractivity contribution < 1.29 is 14.6 Å². The normalized spacial score (nSPS) is 23.0. The fraction of sp³-hybridized carbons (Fsp3) is 0.857. The minimum absolute atomic E-state index is 0.0860. The van der Waals surface area contributed by atoms with Crippen molar-refractivity contribution in [3.05, 3.63) is 0 Å². The molecule has 1 fully saturated rings. The first-order valence-corrected chi connectivity index (χ1v) is 4.10. The zero-order chi connectivity index (χ0) is 8.27. The van der Waals surface area contributed by atoms with Crippen molar-refractivity contribution in [2.75, 3.05) is 13.2 Å². The predicted octanol–water partition coefficient (Wildman–Crippen LogP) is 1.10. The molecule has 0 radical (unpaired) electrons. The number of rotatable bonds is 2. The number of ether oxygens (including phenoxy) is 1. The number of alkyl halides is 1. The first kappa shape index (κ1) is 8.81. The highest BCUT2D eigenvalue weighted by Crippen LogP contribution is 2.22. The van der Waals surface area contributed by atoms with Crippen molar-refractivity contribution in [2.24, 2.45) is 5.92 Å². The highest BCUT2D eigenvalue weighted by atomic mass is 35.5. The third-order valence-electron chi connectivity index (χ3n) is 1.92. The van der Waals surface area contributed by atoms with E-state index in [0.717, 1.165) is 12.8 Å². The lowest BCUT2D eigenvalue weighted by molar-refractivity contribution is -0.138. The smallest absolute Gasteiger partial charge is 0.321 e. The molecule has 64 valence electrons. The molecule has 1 unspecified atom stereocenters. The molecule has 4 heteroatoms. The maximum absolute atomic E-state index is 10.4. The Kier molecular flexibility index (Phi) is 3.15. The molecule has 0 aromatic rings. The average Bonchev–Trinajstić information content (AvgIpc) is 2.05. The van der Waals surface area contributed by atoms with E-state index in [1.165, 1.54) is 0 Å². The van der Waals surface area contributed by atoms with Crippen molar-refractivity contribution in [1.82, 2.24) is 0 Å². The van der Waals surface area contributed by atoms with Crippen LogP contribution >= 0.6 is 11.6 Å². The number of hydrogen-bond acceptors (Lipinski definition) is 2. The minimum Gasteiger partial charge on any atom is -0.480 e. The van der Waals surface area contributed by atoms with Crippen molar-refractivity contribution in [3.63, 3.8) is 0 Å². The van der Waals surface area contributed by atoms with Gasteiger partial charge < -0.3 is 9.84 Å². The summed E-state index contributed by atoms with van der Waals surface area (Å²) in [7, 11) is 0. The summed E-state index contributed by atoms with van der Waals surface area (Å²) in [5.41, 5.74) is 0. The van der Waals surface area contributed by atoms with Crippen LogP contribution in [0.2, 0.25) is 0 Å². The van der Waals surface area contributed by atoms with Crippen LogP contribution in [0.15, 0.2) is 0 Å². The van der Waals surface area contributed by atoms with Gasteiger partial charge in [0.2, 0.25) is 0 Å². The molecular weight excluding hydrogens is 168 g/mol. The number of aliphatic carboxylic acids is 1. The Balaban J connectivity index is 2.38. The first-order valence-electron chi connectivity index (χ1n) is 3.66. The van der Waals surface area contributed by atoms with Crippen LogP contribution in [0.1, 0.15) is 12.8 Å². The van der Waals surface area contributed by atoms with Crippen LogP contribution in [0.5, 0.6) is 0 Å². The third kappa shape index (κ3) is 2.34. The number of carboxylic acids is 1. The summed E-state index contributed by atoms with van der Waals surface area (Å²) in [6, 6.07) is 0. The van der Waals surface area contributed by atoms with Gasteiger partial charge >= 0.3 is 5.97 Å². The van der Waals surface area contributed by atoms with Gasteiger partial charge in [0.25, 0.3) is 0 Å². The van der Waals surface area contributed by atoms with Gasteiger partial charge in [-0.1, -0.05) is 0 Å². The Morgan fingerprint density at radius 2 is 2.09 bits per heavy atom. The maximum Gasteiger partial charge on any atom is 0.321 e. The summed E-state index contributed by atoms with van der Waals surface area (Å²) in [6.45, 7) is 1.28. The van der Waals surface area contributed by atoms with Crippen LogP contribution in [0.4, 0.5) is 0 Å². The highest BCUT2D eigenvalue weighted by molar-refractivity contribution is 6.29. The van der Waals surface area contributed by atoms with Crippen LogP contribution in [0, 0.1) is 5.92 Å². The number of hydrogen-bond donors (Lipinski definition) is 1. The van der Waals surface area contributed by atoms with Crippen molar-refractivity contribution in [1.29, 1.82) is 0 Å². The fourth-order valence-corrected chi connectivity index (χ4v) is 1.46. The molecule has 3 nitrogen and oxygen atoms in total. The number of carboxylic acid groups (broad SMARTS) is 1. The zero-order valence-corrected chi connectivity index (χ0v) is 6.88. The Morgan fingerprint density at radius 1 is 1.55 bits per heavy atom. The molecule has 0 bridgehead atoms. The lowest BCUT2D eigenvalue weighted by Gasteiger charge is -2.23. The first-order chi connectivity index (χ1) is 5.22. The largest absolute Gasteiger partial charge is 0.480 e. The van der Waals surface area contributed by atoms with Gasteiger partial charge in [0.05, 0.1) is 0 Å². The van der Waals surface area contributed by atoms with E-state index < -0.39 is 11.3 Å². The van der Waals surface area contributed by atoms with E-state index in [2.05, 4.69) is 0 Å². The number of carbonyl (C=O) groups is 1. The fourth-order valence-electron chi connectivity index (χ4n) is 1.21. The van der Waals surface area contributed by atoms with Gasteiger partial charge in [0.1, 0.15) is 5.38 Å². The molecule has 0 saturated carbocycles. The van der Waals surface area contributed by atoms with Gasteiger partial charge in [0.15, 0.2) is 0 Å². The highest BCUT2D eigenvalue weighted by Gasteiger charge is 2.27. The number of halogens is 1. The molecule has 0 aromatic heterocycles. The van der Waals surface area contributed by atoms with Crippen LogP contribution in [-0.4, -0.2) is 29.7 Å². The van der Waals surface area contributed by atoms with Crippen molar-refractivity contribution in [3.8, 4) is 0 Å². The molecule has 0 aromatic carbocycles. The molecule has 1 atom stereocenters. The minimum atomic E-state index is -0.918. The van der Waals surface area contributed by atoms with Crippen molar-refractivity contribution in [2.45, 2.75) is 18.2 Å². The van der Waals surface area contributed by atoms with Gasteiger partial charge in [-0.2, -0.15) is 0 Å². The van der Waals surface area contributed by atoms with E-state index in [1.54, 1.807) is 0 Å². The van der Waals surface area contributed by atoms with Crippen LogP contribution < -0.4 is 0 Å². The summed E-state index contributed by atoms with van der Waals surface area (Å²) >= 11 is 5.64. The molecule has 0 amide bonds. The van der Waals surface area contributed by atoms with Crippen LogP contribution in [-0.2, 0) is 9.53 Å². The predicted molar refractivity (Wildman–Crippen MR) is 40.8 cm³/mol. The van der Waals surface area contributed by atoms with E-state index in [1.807, 2.05) is 0 Å². The van der Waals surface area contributed by atoms with E-state index in [4.69, 9.17) is 21.4 Å². The standard InChI is InChI=1S/C7H11ClO3/c8-6(7(9)10)5-1-3-11-4-2-5/h5-6H,1-4H2,(H,9,10). The Labute approximate surface area is 70.3 Å². The molecule has 1 aliphatic heterocycles. The zero-order valence-electron chi connectivity index (χ0n) is 6.12. The summed E-state index contributed by atoms with van der Waals surface area (Å²) < 4.78 is 5.08. The third-order valence-corrected chi connectivity index (χ3v) is 2.46. The van der Waals surface area contributed by atoms with E-state index in [-0.39, 0.29) is 5.92 Å². The van der Waals surface area contributed by atoms with Crippen molar-refractivity contribution >= 4 is 17.6 Å². The molecular formula is C7H11ClO3. The Morgan fingerprint density at radius 3 is 2.55 bits per heavy atom. The Bertz CT molecular complexity index is 143. The maximum atomic E-state index is 10.4. The van der Waals surface area contributed by atoms with E-state index in [9.17, 15) is 4.79 Å². The van der Waals surface area contributed by atoms with Crippen LogP contribution in [0.3, 0.4) is 0 Å². The molecule has 11 heavy (non-hydrogen) atoms. The lowest BCUT2D eigenvalue weighted by Crippen LogP contribution is -2.29. The molecule has 1 rings (SSSR count). The Hall–Kier alpha value is -0.280. The summed E-state index contributed by atoms with van der Waals surface area (Å²) in [6.07, 6.45) is 1.53. The van der Waals surface area contributed by atoms with Crippen LogP contribution in [0.25, 0.3) is 0 Å². The molecule has 1 aliphatic rings. The SMILES string of the molecule is O=C(O)C(Cl)C1CCOCC1.